The minimum absolute atomic E-state index is 0.0765. The van der Waals surface area contributed by atoms with E-state index in [1.54, 1.807) is 12.1 Å². The minimum Gasteiger partial charge on any atom is -0.207 e. The summed E-state index contributed by atoms with van der Waals surface area (Å²) in [6.45, 7) is 10.5. The number of benzene rings is 1. The molecule has 0 aliphatic heterocycles. The predicted molar refractivity (Wildman–Crippen MR) is 59.0 cm³/mol. The van der Waals surface area contributed by atoms with Gasteiger partial charge in [-0.1, -0.05) is 39.8 Å². The molecule has 0 spiro atoms. The van der Waals surface area contributed by atoms with Gasteiger partial charge in [0.05, 0.1) is 0 Å². The van der Waals surface area contributed by atoms with Gasteiger partial charge < -0.3 is 0 Å². The van der Waals surface area contributed by atoms with E-state index in [1.165, 1.54) is 0 Å². The molecule has 0 radical (unpaired) electrons. The first kappa shape index (κ1) is 11.2. The number of hydrogen-bond acceptors (Lipinski definition) is 0. The number of rotatable bonds is 1. The van der Waals surface area contributed by atoms with Crippen LogP contribution in [0.2, 0.25) is 0 Å². The van der Waals surface area contributed by atoms with Gasteiger partial charge in [-0.15, -0.1) is 0 Å². The van der Waals surface area contributed by atoms with Crippen LogP contribution in [0.5, 0.6) is 0 Å². The third-order valence-corrected chi connectivity index (χ3v) is 3.00. The minimum atomic E-state index is -0.0765. The van der Waals surface area contributed by atoms with Gasteiger partial charge >= 0.3 is 0 Å². The molecule has 0 fully saturated rings. The van der Waals surface area contributed by atoms with Crippen LogP contribution in [-0.4, -0.2) is 0 Å². The fraction of sp³-hybridized carbons (Fsp3) is 0.538. The van der Waals surface area contributed by atoms with Crippen LogP contribution in [0.15, 0.2) is 18.2 Å². The molecule has 1 rings (SSSR count). The van der Waals surface area contributed by atoms with E-state index >= 15 is 0 Å². The van der Waals surface area contributed by atoms with Gasteiger partial charge in [0.1, 0.15) is 5.82 Å². The highest BCUT2D eigenvalue weighted by atomic mass is 19.1. The summed E-state index contributed by atoms with van der Waals surface area (Å²) in [6.07, 6.45) is 0. The number of hydrogen-bond donors (Lipinski definition) is 0. The Kier molecular flexibility index (Phi) is 2.98. The van der Waals surface area contributed by atoms with Crippen LogP contribution in [-0.2, 0) is 0 Å². The second-order valence-corrected chi connectivity index (χ2v) is 5.06. The molecule has 0 aliphatic carbocycles. The van der Waals surface area contributed by atoms with Gasteiger partial charge in [0, 0.05) is 0 Å². The highest BCUT2D eigenvalue weighted by Crippen LogP contribution is 2.37. The average molecular weight is 194 g/mol. The van der Waals surface area contributed by atoms with E-state index in [0.29, 0.717) is 0 Å². The second-order valence-electron chi connectivity index (χ2n) is 5.06. The lowest BCUT2D eigenvalue weighted by molar-refractivity contribution is 0.330. The summed E-state index contributed by atoms with van der Waals surface area (Å²) in [4.78, 5) is 0. The average Bonchev–Trinajstić information content (AvgIpc) is 2.01. The summed E-state index contributed by atoms with van der Waals surface area (Å²) < 4.78 is 13.6. The van der Waals surface area contributed by atoms with Crippen molar-refractivity contribution in [3.8, 4) is 0 Å². The van der Waals surface area contributed by atoms with Gasteiger partial charge in [0.2, 0.25) is 0 Å². The summed E-state index contributed by atoms with van der Waals surface area (Å²) in [6, 6.07) is 5.29. The Morgan fingerprint density at radius 3 is 2.21 bits per heavy atom. The smallest absolute Gasteiger partial charge is 0.126 e. The van der Waals surface area contributed by atoms with E-state index < -0.39 is 0 Å². The molecule has 0 N–H and O–H groups in total. The molecular formula is C13H19F. The SMILES string of the molecule is Cc1cccc(F)c1C(C)C(C)(C)C. The van der Waals surface area contributed by atoms with E-state index in [-0.39, 0.29) is 17.2 Å². The van der Waals surface area contributed by atoms with E-state index in [1.807, 2.05) is 13.0 Å². The topological polar surface area (TPSA) is 0 Å². The molecule has 1 aromatic carbocycles. The Morgan fingerprint density at radius 1 is 1.21 bits per heavy atom. The molecule has 14 heavy (non-hydrogen) atoms. The zero-order chi connectivity index (χ0) is 10.9. The maximum absolute atomic E-state index is 13.6. The highest BCUT2D eigenvalue weighted by Gasteiger charge is 2.25. The van der Waals surface area contributed by atoms with Crippen molar-refractivity contribution in [1.29, 1.82) is 0 Å². The zero-order valence-corrected chi connectivity index (χ0v) is 9.69. The van der Waals surface area contributed by atoms with Crippen molar-refractivity contribution in [2.24, 2.45) is 5.41 Å². The lowest BCUT2D eigenvalue weighted by Crippen LogP contribution is -2.17. The molecule has 1 unspecified atom stereocenters. The van der Waals surface area contributed by atoms with Gasteiger partial charge in [0.15, 0.2) is 0 Å². The fourth-order valence-electron chi connectivity index (χ4n) is 1.63. The van der Waals surface area contributed by atoms with Crippen LogP contribution in [0.1, 0.15) is 44.7 Å². The molecule has 0 aromatic heterocycles. The number of aryl methyl sites for hydroxylation is 1. The molecular weight excluding hydrogens is 175 g/mol. The molecule has 0 saturated heterocycles. The van der Waals surface area contributed by atoms with Crippen LogP contribution in [0.4, 0.5) is 4.39 Å². The predicted octanol–water partition coefficient (Wildman–Crippen LogP) is 4.28. The number of halogens is 1. The zero-order valence-electron chi connectivity index (χ0n) is 9.69. The van der Waals surface area contributed by atoms with Gasteiger partial charge in [0.25, 0.3) is 0 Å². The molecule has 1 heteroatoms. The van der Waals surface area contributed by atoms with Gasteiger partial charge in [-0.25, -0.2) is 4.39 Å². The van der Waals surface area contributed by atoms with Crippen LogP contribution >= 0.6 is 0 Å². The Balaban J connectivity index is 3.19. The Morgan fingerprint density at radius 2 is 1.79 bits per heavy atom. The molecule has 0 saturated carbocycles. The van der Waals surface area contributed by atoms with Crippen molar-refractivity contribution in [3.05, 3.63) is 35.1 Å². The summed E-state index contributed by atoms with van der Waals surface area (Å²) in [5, 5.41) is 0. The molecule has 0 bridgehead atoms. The second kappa shape index (κ2) is 3.72. The summed E-state index contributed by atoms with van der Waals surface area (Å²) in [7, 11) is 0. The standard InChI is InChI=1S/C13H19F/c1-9-7-6-8-11(14)12(9)10(2)13(3,4)5/h6-8,10H,1-5H3. The van der Waals surface area contributed by atoms with Crippen molar-refractivity contribution in [3.63, 3.8) is 0 Å². The van der Waals surface area contributed by atoms with Crippen molar-refractivity contribution in [2.45, 2.75) is 40.5 Å². The van der Waals surface area contributed by atoms with Crippen molar-refractivity contribution < 1.29 is 4.39 Å². The normalized spacial score (nSPS) is 14.1. The van der Waals surface area contributed by atoms with Gasteiger partial charge in [-0.05, 0) is 35.4 Å². The molecule has 1 aromatic rings. The molecule has 1 atom stereocenters. The van der Waals surface area contributed by atoms with E-state index in [4.69, 9.17) is 0 Å². The molecule has 0 nitrogen and oxygen atoms in total. The lowest BCUT2D eigenvalue weighted by atomic mass is 9.76. The summed E-state index contributed by atoms with van der Waals surface area (Å²) >= 11 is 0. The quantitative estimate of drug-likeness (QED) is 0.625. The first-order valence-corrected chi connectivity index (χ1v) is 5.09. The van der Waals surface area contributed by atoms with E-state index in [0.717, 1.165) is 11.1 Å². The largest absolute Gasteiger partial charge is 0.207 e. The maximum Gasteiger partial charge on any atom is 0.126 e. The van der Waals surface area contributed by atoms with E-state index in [2.05, 4.69) is 27.7 Å². The van der Waals surface area contributed by atoms with Crippen LogP contribution in [0.3, 0.4) is 0 Å². The maximum atomic E-state index is 13.6. The van der Waals surface area contributed by atoms with Crippen LogP contribution < -0.4 is 0 Å². The fourth-order valence-corrected chi connectivity index (χ4v) is 1.63. The summed E-state index contributed by atoms with van der Waals surface area (Å²) in [5.74, 6) is 0.163. The van der Waals surface area contributed by atoms with Crippen molar-refractivity contribution >= 4 is 0 Å². The Hall–Kier alpha value is -0.850. The molecule has 0 heterocycles. The third kappa shape index (κ3) is 2.14. The molecule has 78 valence electrons. The van der Waals surface area contributed by atoms with Crippen molar-refractivity contribution in [1.82, 2.24) is 0 Å². The van der Waals surface area contributed by atoms with Crippen molar-refractivity contribution in [2.75, 3.05) is 0 Å². The Labute approximate surface area is 86.2 Å². The van der Waals surface area contributed by atoms with Gasteiger partial charge in [-0.3, -0.25) is 0 Å². The summed E-state index contributed by atoms with van der Waals surface area (Å²) in [5.41, 5.74) is 2.01. The molecule has 0 aliphatic rings. The first-order valence-electron chi connectivity index (χ1n) is 5.09. The van der Waals surface area contributed by atoms with E-state index in [9.17, 15) is 4.39 Å². The van der Waals surface area contributed by atoms with Crippen LogP contribution in [0.25, 0.3) is 0 Å². The lowest BCUT2D eigenvalue weighted by Gasteiger charge is -2.29. The highest BCUT2D eigenvalue weighted by molar-refractivity contribution is 5.31. The van der Waals surface area contributed by atoms with Gasteiger partial charge in [-0.2, -0.15) is 0 Å². The van der Waals surface area contributed by atoms with Crippen LogP contribution in [0, 0.1) is 18.2 Å². The first-order chi connectivity index (χ1) is 6.34. The molecule has 0 amide bonds. The Bertz CT molecular complexity index is 300. The third-order valence-electron chi connectivity index (χ3n) is 3.00. The monoisotopic (exact) mass is 194 g/mol.